The topological polar surface area (TPSA) is 67.4 Å². The van der Waals surface area contributed by atoms with Crippen molar-refractivity contribution in [1.29, 1.82) is 0 Å². The van der Waals surface area contributed by atoms with Gasteiger partial charge in [0.2, 0.25) is 0 Å². The summed E-state index contributed by atoms with van der Waals surface area (Å²) in [5.41, 5.74) is 2.21. The minimum Gasteiger partial charge on any atom is -0.497 e. The summed E-state index contributed by atoms with van der Waals surface area (Å²) < 4.78 is 5.06. The summed E-state index contributed by atoms with van der Waals surface area (Å²) >= 11 is 5.88. The fraction of sp³-hybridized carbons (Fsp3) is 0.176. The molecule has 0 atom stereocenters. The molecule has 2 aromatic carbocycles. The summed E-state index contributed by atoms with van der Waals surface area (Å²) in [4.78, 5) is 23.8. The van der Waals surface area contributed by atoms with Gasteiger partial charge in [-0.25, -0.2) is 0 Å². The first kappa shape index (κ1) is 16.8. The van der Waals surface area contributed by atoms with Gasteiger partial charge in [0.1, 0.15) is 5.75 Å². The number of anilines is 1. The van der Waals surface area contributed by atoms with Crippen molar-refractivity contribution in [3.05, 3.63) is 58.6 Å². The lowest BCUT2D eigenvalue weighted by atomic mass is 10.2. The van der Waals surface area contributed by atoms with Gasteiger partial charge >= 0.3 is 11.8 Å². The normalized spacial score (nSPS) is 10.0. The number of hydrogen-bond donors (Lipinski definition) is 2. The molecule has 0 aromatic heterocycles. The molecule has 5 nitrogen and oxygen atoms in total. The first-order valence-electron chi connectivity index (χ1n) is 6.98. The quantitative estimate of drug-likeness (QED) is 0.846. The van der Waals surface area contributed by atoms with Crippen LogP contribution in [-0.4, -0.2) is 18.9 Å². The molecule has 0 saturated carbocycles. The highest BCUT2D eigenvalue weighted by Gasteiger charge is 2.14. The van der Waals surface area contributed by atoms with Crippen molar-refractivity contribution in [1.82, 2.24) is 5.32 Å². The van der Waals surface area contributed by atoms with Gasteiger partial charge in [0, 0.05) is 17.3 Å². The summed E-state index contributed by atoms with van der Waals surface area (Å²) in [5, 5.41) is 5.61. The Morgan fingerprint density at radius 3 is 2.43 bits per heavy atom. The van der Waals surface area contributed by atoms with Gasteiger partial charge in [-0.2, -0.15) is 0 Å². The van der Waals surface area contributed by atoms with Crippen molar-refractivity contribution < 1.29 is 14.3 Å². The second kappa shape index (κ2) is 7.65. The summed E-state index contributed by atoms with van der Waals surface area (Å²) in [5.74, 6) is -0.710. The third-order valence-electron chi connectivity index (χ3n) is 3.27. The van der Waals surface area contributed by atoms with Crippen LogP contribution in [0.3, 0.4) is 0 Å². The van der Waals surface area contributed by atoms with Crippen LogP contribution in [0.4, 0.5) is 5.69 Å². The van der Waals surface area contributed by atoms with E-state index in [9.17, 15) is 9.59 Å². The van der Waals surface area contributed by atoms with Crippen LogP contribution >= 0.6 is 11.6 Å². The van der Waals surface area contributed by atoms with Gasteiger partial charge in [-0.1, -0.05) is 29.8 Å². The van der Waals surface area contributed by atoms with Gasteiger partial charge in [0.25, 0.3) is 0 Å². The summed E-state index contributed by atoms with van der Waals surface area (Å²) in [6.45, 7) is 2.08. The summed E-state index contributed by atoms with van der Waals surface area (Å²) in [6.07, 6.45) is 0. The zero-order valence-corrected chi connectivity index (χ0v) is 13.6. The van der Waals surface area contributed by atoms with Gasteiger partial charge in [0.05, 0.1) is 7.11 Å². The van der Waals surface area contributed by atoms with Crippen LogP contribution in [0.2, 0.25) is 5.02 Å². The maximum absolute atomic E-state index is 11.9. The molecule has 120 valence electrons. The van der Waals surface area contributed by atoms with Crippen molar-refractivity contribution in [2.24, 2.45) is 0 Å². The van der Waals surface area contributed by atoms with Gasteiger partial charge in [0.15, 0.2) is 0 Å². The van der Waals surface area contributed by atoms with Crippen LogP contribution in [0, 0.1) is 6.92 Å². The Morgan fingerprint density at radius 2 is 1.78 bits per heavy atom. The smallest absolute Gasteiger partial charge is 0.313 e. The van der Waals surface area contributed by atoms with Crippen LogP contribution in [0.25, 0.3) is 0 Å². The molecule has 0 aliphatic rings. The first-order chi connectivity index (χ1) is 11.0. The highest BCUT2D eigenvalue weighted by molar-refractivity contribution is 6.40. The Kier molecular flexibility index (Phi) is 5.60. The number of halogens is 1. The molecule has 0 aliphatic carbocycles. The van der Waals surface area contributed by atoms with E-state index in [2.05, 4.69) is 10.6 Å². The molecule has 2 aromatic rings. The van der Waals surface area contributed by atoms with Crippen LogP contribution < -0.4 is 15.4 Å². The molecule has 0 unspecified atom stereocenters. The Bertz CT molecular complexity index is 714. The molecule has 2 N–H and O–H groups in total. The summed E-state index contributed by atoms with van der Waals surface area (Å²) in [7, 11) is 1.58. The van der Waals surface area contributed by atoms with E-state index in [1.54, 1.807) is 37.4 Å². The lowest BCUT2D eigenvalue weighted by Gasteiger charge is -2.09. The van der Waals surface area contributed by atoms with Crippen LogP contribution in [0.1, 0.15) is 11.1 Å². The number of nitrogens with one attached hydrogen (secondary N) is 2. The van der Waals surface area contributed by atoms with Crippen molar-refractivity contribution in [3.63, 3.8) is 0 Å². The molecule has 23 heavy (non-hydrogen) atoms. The zero-order chi connectivity index (χ0) is 16.8. The Balaban J connectivity index is 1.92. The molecule has 0 spiro atoms. The van der Waals surface area contributed by atoms with E-state index in [0.717, 1.165) is 16.9 Å². The van der Waals surface area contributed by atoms with E-state index in [-0.39, 0.29) is 6.54 Å². The number of ether oxygens (including phenoxy) is 1. The number of aryl methyl sites for hydroxylation is 1. The predicted molar refractivity (Wildman–Crippen MR) is 89.7 cm³/mol. The Hall–Kier alpha value is -2.53. The number of benzene rings is 2. The summed E-state index contributed by atoms with van der Waals surface area (Å²) in [6, 6.07) is 12.3. The largest absolute Gasteiger partial charge is 0.497 e. The molecule has 6 heteroatoms. The van der Waals surface area contributed by atoms with E-state index in [1.807, 2.05) is 19.1 Å². The van der Waals surface area contributed by atoms with Crippen molar-refractivity contribution >= 4 is 29.1 Å². The van der Waals surface area contributed by atoms with Gasteiger partial charge in [-0.15, -0.1) is 0 Å². The van der Waals surface area contributed by atoms with Crippen LogP contribution in [-0.2, 0) is 16.1 Å². The van der Waals surface area contributed by atoms with E-state index < -0.39 is 11.8 Å². The third-order valence-corrected chi connectivity index (χ3v) is 3.50. The molecule has 0 aliphatic heterocycles. The third kappa shape index (κ3) is 4.72. The minimum atomic E-state index is -0.733. The molecule has 0 bridgehead atoms. The maximum atomic E-state index is 11.9. The lowest BCUT2D eigenvalue weighted by Crippen LogP contribution is -2.35. The Labute approximate surface area is 139 Å². The number of amides is 2. The van der Waals surface area contributed by atoms with Crippen molar-refractivity contribution in [3.8, 4) is 5.75 Å². The molecule has 2 amide bonds. The standard InChI is InChI=1S/C17H17ClN2O3/c1-11-3-6-13(18)9-15(11)20-17(22)16(21)19-10-12-4-7-14(23-2)8-5-12/h3-9H,10H2,1-2H3,(H,19,21)(H,20,22). The fourth-order valence-electron chi connectivity index (χ4n) is 1.91. The average Bonchev–Trinajstić information content (AvgIpc) is 2.56. The first-order valence-corrected chi connectivity index (χ1v) is 7.35. The second-order valence-electron chi connectivity index (χ2n) is 4.94. The van der Waals surface area contributed by atoms with Crippen molar-refractivity contribution in [2.45, 2.75) is 13.5 Å². The molecule has 0 saturated heterocycles. The number of rotatable bonds is 4. The fourth-order valence-corrected chi connectivity index (χ4v) is 2.09. The molecule has 0 heterocycles. The molecule has 0 radical (unpaired) electrons. The number of methoxy groups -OCH3 is 1. The number of hydrogen-bond acceptors (Lipinski definition) is 3. The highest BCUT2D eigenvalue weighted by atomic mass is 35.5. The minimum absolute atomic E-state index is 0.255. The van der Waals surface area contributed by atoms with E-state index in [1.165, 1.54) is 0 Å². The predicted octanol–water partition coefficient (Wildman–Crippen LogP) is 2.91. The van der Waals surface area contributed by atoms with Crippen LogP contribution in [0.15, 0.2) is 42.5 Å². The molecule has 0 fully saturated rings. The number of carbonyl (C=O) groups is 2. The van der Waals surface area contributed by atoms with Crippen LogP contribution in [0.5, 0.6) is 5.75 Å². The lowest BCUT2D eigenvalue weighted by molar-refractivity contribution is -0.136. The van der Waals surface area contributed by atoms with E-state index >= 15 is 0 Å². The van der Waals surface area contributed by atoms with Gasteiger partial charge in [-0.05, 0) is 42.3 Å². The average molecular weight is 333 g/mol. The van der Waals surface area contributed by atoms with E-state index in [4.69, 9.17) is 16.3 Å². The monoisotopic (exact) mass is 332 g/mol. The van der Waals surface area contributed by atoms with Gasteiger partial charge < -0.3 is 15.4 Å². The van der Waals surface area contributed by atoms with E-state index in [0.29, 0.717) is 10.7 Å². The SMILES string of the molecule is COc1ccc(CNC(=O)C(=O)Nc2cc(Cl)ccc2C)cc1. The molecule has 2 rings (SSSR count). The maximum Gasteiger partial charge on any atom is 0.313 e. The van der Waals surface area contributed by atoms with Gasteiger partial charge in [-0.3, -0.25) is 9.59 Å². The second-order valence-corrected chi connectivity index (χ2v) is 5.38. The number of carbonyl (C=O) groups excluding carboxylic acids is 2. The molecular weight excluding hydrogens is 316 g/mol. The van der Waals surface area contributed by atoms with Crippen molar-refractivity contribution in [2.75, 3.05) is 12.4 Å². The highest BCUT2D eigenvalue weighted by Crippen LogP contribution is 2.20. The zero-order valence-electron chi connectivity index (χ0n) is 12.9. The molecular formula is C17H17ClN2O3. The Morgan fingerprint density at radius 1 is 1.09 bits per heavy atom.